The molecule has 4 rings (SSSR count). The number of hydrogen-bond donors (Lipinski definition) is 0. The van der Waals surface area contributed by atoms with Crippen LogP contribution in [-0.2, 0) is 10.0 Å². The first-order valence-electron chi connectivity index (χ1n) is 9.09. The number of rotatable bonds is 4. The zero-order chi connectivity index (χ0) is 19.7. The van der Waals surface area contributed by atoms with Crippen LogP contribution in [0.5, 0.6) is 0 Å². The monoisotopic (exact) mass is 461 g/mol. The van der Waals surface area contributed by atoms with Crippen molar-refractivity contribution in [2.24, 2.45) is 0 Å². The third-order valence-electron chi connectivity index (χ3n) is 4.96. The van der Waals surface area contributed by atoms with Gasteiger partial charge in [0.05, 0.1) is 4.90 Å². The number of sulfonamides is 1. The average molecular weight is 462 g/mol. The van der Waals surface area contributed by atoms with Crippen molar-refractivity contribution in [3.8, 4) is 11.5 Å². The molecule has 1 aliphatic heterocycles. The van der Waals surface area contributed by atoms with Gasteiger partial charge in [-0.25, -0.2) is 8.42 Å². The summed E-state index contributed by atoms with van der Waals surface area (Å²) in [4.78, 5) is 0.314. The zero-order valence-corrected chi connectivity index (χ0v) is 17.8. The molecular formula is C20H20BrN3O3S. The lowest BCUT2D eigenvalue weighted by Crippen LogP contribution is -2.37. The fraction of sp³-hybridized carbons (Fsp3) is 0.300. The van der Waals surface area contributed by atoms with E-state index < -0.39 is 10.0 Å². The molecule has 0 radical (unpaired) electrons. The average Bonchev–Trinajstić information content (AvgIpc) is 3.19. The Hall–Kier alpha value is -2.03. The summed E-state index contributed by atoms with van der Waals surface area (Å²) >= 11 is 3.33. The highest BCUT2D eigenvalue weighted by molar-refractivity contribution is 9.10. The predicted molar refractivity (Wildman–Crippen MR) is 109 cm³/mol. The van der Waals surface area contributed by atoms with Crippen molar-refractivity contribution in [3.05, 3.63) is 64.5 Å². The Labute approximate surface area is 172 Å². The predicted octanol–water partition coefficient (Wildman–Crippen LogP) is 4.38. The fourth-order valence-corrected chi connectivity index (χ4v) is 5.13. The van der Waals surface area contributed by atoms with Gasteiger partial charge in [-0.05, 0) is 56.2 Å². The molecule has 0 N–H and O–H groups in total. The molecule has 1 aromatic heterocycles. The van der Waals surface area contributed by atoms with Gasteiger partial charge in [-0.1, -0.05) is 33.6 Å². The third kappa shape index (κ3) is 3.90. The highest BCUT2D eigenvalue weighted by Gasteiger charge is 2.32. The van der Waals surface area contributed by atoms with Gasteiger partial charge in [0, 0.05) is 29.0 Å². The van der Waals surface area contributed by atoms with E-state index in [1.165, 1.54) is 4.31 Å². The second kappa shape index (κ2) is 7.77. The molecular weight excluding hydrogens is 442 g/mol. The van der Waals surface area contributed by atoms with E-state index in [9.17, 15) is 8.42 Å². The van der Waals surface area contributed by atoms with Gasteiger partial charge in [0.1, 0.15) is 0 Å². The number of aromatic nitrogens is 2. The first-order valence-corrected chi connectivity index (χ1v) is 11.3. The Bertz CT molecular complexity index is 1070. The summed E-state index contributed by atoms with van der Waals surface area (Å²) in [5.41, 5.74) is 2.03. The Morgan fingerprint density at radius 1 is 1.07 bits per heavy atom. The van der Waals surface area contributed by atoms with Crippen LogP contribution in [-0.4, -0.2) is 36.0 Å². The van der Waals surface area contributed by atoms with Crippen LogP contribution < -0.4 is 0 Å². The van der Waals surface area contributed by atoms with E-state index in [4.69, 9.17) is 4.42 Å². The van der Waals surface area contributed by atoms with E-state index in [0.29, 0.717) is 42.6 Å². The van der Waals surface area contributed by atoms with Crippen LogP contribution in [0.2, 0.25) is 0 Å². The van der Waals surface area contributed by atoms with E-state index in [1.54, 1.807) is 24.3 Å². The van der Waals surface area contributed by atoms with Crippen molar-refractivity contribution in [2.75, 3.05) is 13.1 Å². The van der Waals surface area contributed by atoms with Gasteiger partial charge in [-0.3, -0.25) is 0 Å². The lowest BCUT2D eigenvalue weighted by atomic mass is 9.98. The number of halogens is 1. The van der Waals surface area contributed by atoms with E-state index in [0.717, 1.165) is 15.6 Å². The van der Waals surface area contributed by atoms with Gasteiger partial charge < -0.3 is 4.42 Å². The smallest absolute Gasteiger partial charge is 0.247 e. The molecule has 6 nitrogen and oxygen atoms in total. The van der Waals surface area contributed by atoms with Gasteiger partial charge in [-0.15, -0.1) is 10.2 Å². The molecule has 0 saturated carbocycles. The summed E-state index contributed by atoms with van der Waals surface area (Å²) in [5.74, 6) is 1.16. The van der Waals surface area contributed by atoms with Gasteiger partial charge in [0.15, 0.2) is 0 Å². The summed E-state index contributed by atoms with van der Waals surface area (Å²) in [6.07, 6.45) is 1.32. The van der Waals surface area contributed by atoms with Crippen LogP contribution >= 0.6 is 15.9 Å². The molecule has 146 valence electrons. The van der Waals surface area contributed by atoms with Crippen LogP contribution in [0.25, 0.3) is 11.5 Å². The van der Waals surface area contributed by atoms with E-state index >= 15 is 0 Å². The first-order chi connectivity index (χ1) is 13.4. The Balaban J connectivity index is 1.45. The van der Waals surface area contributed by atoms with Crippen molar-refractivity contribution < 1.29 is 12.8 Å². The molecule has 0 atom stereocenters. The Kier molecular flexibility index (Phi) is 5.35. The standard InChI is InChI=1S/C20H20BrN3O3S/c1-14-3-2-4-16(13-14)20-23-22-19(27-20)15-9-11-24(12-10-15)28(25,26)18-7-5-17(21)6-8-18/h2-8,13,15H,9-12H2,1H3. The summed E-state index contributed by atoms with van der Waals surface area (Å²) < 4.78 is 33.9. The highest BCUT2D eigenvalue weighted by atomic mass is 79.9. The number of nitrogens with zero attached hydrogens (tertiary/aromatic N) is 3. The zero-order valence-electron chi connectivity index (χ0n) is 15.4. The molecule has 28 heavy (non-hydrogen) atoms. The Morgan fingerprint density at radius 3 is 2.46 bits per heavy atom. The van der Waals surface area contributed by atoms with Crippen molar-refractivity contribution >= 4 is 26.0 Å². The second-order valence-corrected chi connectivity index (χ2v) is 9.80. The maximum absolute atomic E-state index is 12.8. The number of aryl methyl sites for hydroxylation is 1. The van der Waals surface area contributed by atoms with E-state index in [-0.39, 0.29) is 5.92 Å². The molecule has 1 aliphatic rings. The van der Waals surface area contributed by atoms with E-state index in [1.807, 2.05) is 31.2 Å². The van der Waals surface area contributed by atoms with Gasteiger partial charge >= 0.3 is 0 Å². The lowest BCUT2D eigenvalue weighted by Gasteiger charge is -2.29. The van der Waals surface area contributed by atoms with E-state index in [2.05, 4.69) is 26.1 Å². The SMILES string of the molecule is Cc1cccc(-c2nnc(C3CCN(S(=O)(=O)c4ccc(Br)cc4)CC3)o2)c1. The van der Waals surface area contributed by atoms with Gasteiger partial charge in [0.25, 0.3) is 0 Å². The second-order valence-electron chi connectivity index (χ2n) is 6.95. The minimum atomic E-state index is -3.48. The number of benzene rings is 2. The summed E-state index contributed by atoms with van der Waals surface area (Å²) in [5, 5.41) is 8.38. The number of hydrogen-bond acceptors (Lipinski definition) is 5. The van der Waals surface area contributed by atoms with Gasteiger partial charge in [-0.2, -0.15) is 4.31 Å². The van der Waals surface area contributed by atoms with Crippen LogP contribution in [0, 0.1) is 6.92 Å². The quantitative estimate of drug-likeness (QED) is 0.576. The van der Waals surface area contributed by atoms with Gasteiger partial charge in [0.2, 0.25) is 21.8 Å². The molecule has 0 unspecified atom stereocenters. The minimum Gasteiger partial charge on any atom is -0.420 e. The molecule has 2 heterocycles. The van der Waals surface area contributed by atoms with Crippen LogP contribution in [0.3, 0.4) is 0 Å². The normalized spacial score (nSPS) is 16.4. The minimum absolute atomic E-state index is 0.0717. The topological polar surface area (TPSA) is 76.3 Å². The number of piperidine rings is 1. The molecule has 1 saturated heterocycles. The largest absolute Gasteiger partial charge is 0.420 e. The molecule has 0 spiro atoms. The molecule has 1 fully saturated rings. The molecule has 3 aromatic rings. The maximum atomic E-state index is 12.8. The van der Waals surface area contributed by atoms with Crippen LogP contribution in [0.4, 0.5) is 0 Å². The van der Waals surface area contributed by atoms with Crippen molar-refractivity contribution in [3.63, 3.8) is 0 Å². The van der Waals surface area contributed by atoms with Crippen molar-refractivity contribution in [1.29, 1.82) is 0 Å². The molecule has 8 heteroatoms. The summed E-state index contributed by atoms with van der Waals surface area (Å²) in [7, 11) is -3.48. The summed E-state index contributed by atoms with van der Waals surface area (Å²) in [6.45, 7) is 2.89. The molecule has 0 amide bonds. The molecule has 0 aliphatic carbocycles. The van der Waals surface area contributed by atoms with Crippen LogP contribution in [0.15, 0.2) is 62.3 Å². The summed E-state index contributed by atoms with van der Waals surface area (Å²) in [6, 6.07) is 14.6. The molecule has 2 aromatic carbocycles. The van der Waals surface area contributed by atoms with Crippen molar-refractivity contribution in [2.45, 2.75) is 30.6 Å². The fourth-order valence-electron chi connectivity index (χ4n) is 3.39. The third-order valence-corrected chi connectivity index (χ3v) is 7.40. The highest BCUT2D eigenvalue weighted by Crippen LogP contribution is 2.32. The van der Waals surface area contributed by atoms with Crippen LogP contribution in [0.1, 0.15) is 30.2 Å². The Morgan fingerprint density at radius 2 is 1.79 bits per heavy atom. The molecule has 0 bridgehead atoms. The maximum Gasteiger partial charge on any atom is 0.247 e. The lowest BCUT2D eigenvalue weighted by molar-refractivity contribution is 0.291. The first kappa shape index (κ1) is 19.3. The van der Waals surface area contributed by atoms with Crippen molar-refractivity contribution in [1.82, 2.24) is 14.5 Å².